The van der Waals surface area contributed by atoms with Gasteiger partial charge in [-0.05, 0) is 19.3 Å². The molecule has 1 fully saturated rings. The zero-order valence-electron chi connectivity index (χ0n) is 10.7. The van der Waals surface area contributed by atoms with E-state index in [1.165, 1.54) is 0 Å². The molecule has 0 aromatic heterocycles. The number of thiocarbonyl (C=S) groups is 1. The summed E-state index contributed by atoms with van der Waals surface area (Å²) < 4.78 is 28.0. The van der Waals surface area contributed by atoms with Crippen LogP contribution in [-0.2, 0) is 14.6 Å². The number of aliphatic hydroxyl groups is 1. The van der Waals surface area contributed by atoms with E-state index < -0.39 is 21.3 Å². The fraction of sp³-hybridized carbons (Fsp3) is 0.900. The number of likely N-dealkylation sites (N-methyl/N-ethyl adjacent to an activating group) is 1. The zero-order valence-corrected chi connectivity index (χ0v) is 13.1. The molecule has 19 heavy (non-hydrogen) atoms. The van der Waals surface area contributed by atoms with Crippen molar-refractivity contribution in [1.82, 2.24) is 10.2 Å². The highest BCUT2D eigenvalue weighted by Crippen LogP contribution is 2.17. The summed E-state index contributed by atoms with van der Waals surface area (Å²) in [4.78, 5) is 1.90. The minimum absolute atomic E-state index is 0.0188. The van der Waals surface area contributed by atoms with Gasteiger partial charge in [0.1, 0.15) is 6.61 Å². The van der Waals surface area contributed by atoms with Crippen molar-refractivity contribution < 1.29 is 18.3 Å². The summed E-state index contributed by atoms with van der Waals surface area (Å²) in [6, 6.07) is -0.394. The van der Waals surface area contributed by atoms with Crippen molar-refractivity contribution in [1.29, 1.82) is 0 Å². The maximum atomic E-state index is 11.4. The van der Waals surface area contributed by atoms with Crippen LogP contribution in [0.25, 0.3) is 0 Å². The lowest BCUT2D eigenvalue weighted by Crippen LogP contribution is -2.41. The fourth-order valence-corrected chi connectivity index (χ4v) is 4.49. The van der Waals surface area contributed by atoms with Gasteiger partial charge in [-0.1, -0.05) is 0 Å². The van der Waals surface area contributed by atoms with Crippen molar-refractivity contribution in [2.75, 3.05) is 44.9 Å². The molecule has 0 bridgehead atoms. The van der Waals surface area contributed by atoms with Crippen LogP contribution in [-0.4, -0.2) is 79.9 Å². The molecule has 1 saturated heterocycles. The number of nitrogens with zero attached hydrogens (tertiary/aromatic N) is 1. The Hall–Kier alpha value is -0.150. The van der Waals surface area contributed by atoms with Crippen molar-refractivity contribution in [3.63, 3.8) is 0 Å². The predicted octanol–water partition coefficient (Wildman–Crippen LogP) is -0.794. The number of hydrogen-bond acceptors (Lipinski definition) is 6. The van der Waals surface area contributed by atoms with E-state index in [1.807, 2.05) is 11.9 Å². The monoisotopic (exact) mass is 330 g/mol. The molecule has 0 spiro atoms. The van der Waals surface area contributed by atoms with Crippen LogP contribution in [0.15, 0.2) is 0 Å². The summed E-state index contributed by atoms with van der Waals surface area (Å²) in [5.41, 5.74) is 0. The Balaban J connectivity index is 2.25. The van der Waals surface area contributed by atoms with Crippen LogP contribution >= 0.6 is 23.8 Å². The fourth-order valence-electron chi connectivity index (χ4n) is 1.71. The number of rotatable bonds is 6. The molecule has 0 unspecified atom stereocenters. The van der Waals surface area contributed by atoms with Crippen molar-refractivity contribution in [2.45, 2.75) is 11.4 Å². The van der Waals surface area contributed by atoms with E-state index in [0.29, 0.717) is 19.7 Å². The topological polar surface area (TPSA) is 78.9 Å². The second kappa shape index (κ2) is 7.58. The number of ether oxygens (including phenoxy) is 1. The molecular formula is C10H19ClN2O4S2. The average molecular weight is 331 g/mol. The molecule has 2 N–H and O–H groups in total. The van der Waals surface area contributed by atoms with Crippen molar-refractivity contribution in [2.24, 2.45) is 0 Å². The van der Waals surface area contributed by atoms with Gasteiger partial charge in [0, 0.05) is 13.1 Å². The SMILES string of the molecule is CN(CCO)CCOC(=S)N[C@@H]1CS(=O)(=O)C[C@H]1Cl. The van der Waals surface area contributed by atoms with E-state index in [-0.39, 0.29) is 23.3 Å². The quantitative estimate of drug-likeness (QED) is 0.488. The summed E-state index contributed by atoms with van der Waals surface area (Å²) in [5.74, 6) is -0.0524. The molecule has 9 heteroatoms. The normalized spacial score (nSPS) is 25.5. The first-order chi connectivity index (χ1) is 8.84. The molecule has 6 nitrogen and oxygen atoms in total. The summed E-state index contributed by atoms with van der Waals surface area (Å²) in [7, 11) is -1.22. The van der Waals surface area contributed by atoms with E-state index in [9.17, 15) is 8.42 Å². The highest BCUT2D eigenvalue weighted by molar-refractivity contribution is 7.91. The van der Waals surface area contributed by atoms with Crippen molar-refractivity contribution >= 4 is 38.8 Å². The smallest absolute Gasteiger partial charge is 0.256 e. The lowest BCUT2D eigenvalue weighted by molar-refractivity contribution is 0.187. The zero-order chi connectivity index (χ0) is 14.5. The molecule has 2 atom stereocenters. The van der Waals surface area contributed by atoms with Crippen LogP contribution in [0.1, 0.15) is 0 Å². The minimum Gasteiger partial charge on any atom is -0.470 e. The second-order valence-electron chi connectivity index (χ2n) is 4.51. The molecular weight excluding hydrogens is 312 g/mol. The van der Waals surface area contributed by atoms with E-state index in [2.05, 4.69) is 5.32 Å². The first-order valence-electron chi connectivity index (χ1n) is 5.91. The van der Waals surface area contributed by atoms with Gasteiger partial charge in [0.05, 0.1) is 29.5 Å². The number of alkyl halides is 1. The van der Waals surface area contributed by atoms with E-state index in [1.54, 1.807) is 0 Å². The third kappa shape index (κ3) is 6.22. The number of nitrogens with one attached hydrogen (secondary N) is 1. The summed E-state index contributed by atoms with van der Waals surface area (Å²) in [6.45, 7) is 1.64. The van der Waals surface area contributed by atoms with Gasteiger partial charge in [0.2, 0.25) is 0 Å². The minimum atomic E-state index is -3.08. The molecule has 1 rings (SSSR count). The molecule has 0 aliphatic carbocycles. The Labute approximate surface area is 124 Å². The molecule has 0 radical (unpaired) electrons. The van der Waals surface area contributed by atoms with Gasteiger partial charge in [0.25, 0.3) is 5.17 Å². The Kier molecular flexibility index (Phi) is 6.75. The van der Waals surface area contributed by atoms with Crippen LogP contribution in [0, 0.1) is 0 Å². The maximum absolute atomic E-state index is 11.4. The highest BCUT2D eigenvalue weighted by atomic mass is 35.5. The van der Waals surface area contributed by atoms with E-state index in [4.69, 9.17) is 33.7 Å². The Morgan fingerprint density at radius 2 is 2.21 bits per heavy atom. The van der Waals surface area contributed by atoms with Crippen LogP contribution in [0.3, 0.4) is 0 Å². The number of halogens is 1. The predicted molar refractivity (Wildman–Crippen MR) is 78.4 cm³/mol. The highest BCUT2D eigenvalue weighted by Gasteiger charge is 2.36. The van der Waals surface area contributed by atoms with Crippen LogP contribution < -0.4 is 5.32 Å². The summed E-state index contributed by atoms with van der Waals surface area (Å²) in [6.07, 6.45) is 0. The van der Waals surface area contributed by atoms with E-state index >= 15 is 0 Å². The van der Waals surface area contributed by atoms with E-state index in [0.717, 1.165) is 0 Å². The van der Waals surface area contributed by atoms with Crippen LogP contribution in [0.4, 0.5) is 0 Å². The lowest BCUT2D eigenvalue weighted by atomic mass is 10.3. The number of aliphatic hydroxyl groups excluding tert-OH is 1. The third-order valence-corrected chi connectivity index (χ3v) is 5.39. The standard InChI is InChI=1S/C10H19ClN2O4S2/c1-13(2-4-14)3-5-17-10(18)12-9-7-19(15,16)6-8(9)11/h8-9,14H,2-7H2,1H3,(H,12,18)/t8-,9-/m1/s1. The number of sulfone groups is 1. The Morgan fingerprint density at radius 3 is 2.74 bits per heavy atom. The van der Waals surface area contributed by atoms with Gasteiger partial charge in [-0.25, -0.2) is 8.42 Å². The summed E-state index contributed by atoms with van der Waals surface area (Å²) >= 11 is 10.9. The van der Waals surface area contributed by atoms with Gasteiger partial charge < -0.3 is 20.1 Å². The van der Waals surface area contributed by atoms with Gasteiger partial charge in [-0.3, -0.25) is 0 Å². The molecule has 1 aliphatic heterocycles. The molecule has 1 aliphatic rings. The number of hydrogen-bond donors (Lipinski definition) is 2. The van der Waals surface area contributed by atoms with Crippen LogP contribution in [0.2, 0.25) is 0 Å². The molecule has 0 aromatic carbocycles. The van der Waals surface area contributed by atoms with Crippen LogP contribution in [0.5, 0.6) is 0 Å². The van der Waals surface area contributed by atoms with Gasteiger partial charge in [0.15, 0.2) is 9.84 Å². The summed E-state index contributed by atoms with van der Waals surface area (Å²) in [5, 5.41) is 11.2. The first-order valence-corrected chi connectivity index (χ1v) is 8.58. The van der Waals surface area contributed by atoms with Gasteiger partial charge in [-0.2, -0.15) is 0 Å². The van der Waals surface area contributed by atoms with Crippen molar-refractivity contribution in [3.05, 3.63) is 0 Å². The third-order valence-electron chi connectivity index (χ3n) is 2.77. The molecule has 0 aromatic rings. The average Bonchev–Trinajstić information content (AvgIpc) is 2.52. The molecule has 0 saturated carbocycles. The van der Waals surface area contributed by atoms with Gasteiger partial charge in [-0.15, -0.1) is 11.6 Å². The lowest BCUT2D eigenvalue weighted by Gasteiger charge is -2.19. The van der Waals surface area contributed by atoms with Gasteiger partial charge >= 0.3 is 0 Å². The second-order valence-corrected chi connectivity index (χ2v) is 7.59. The molecule has 1 heterocycles. The first kappa shape index (κ1) is 16.9. The molecule has 112 valence electrons. The molecule has 0 amide bonds. The largest absolute Gasteiger partial charge is 0.470 e. The van der Waals surface area contributed by atoms with Crippen molar-refractivity contribution in [3.8, 4) is 0 Å². The Morgan fingerprint density at radius 1 is 1.53 bits per heavy atom. The Bertz CT molecular complexity index is 404. The maximum Gasteiger partial charge on any atom is 0.256 e.